The highest BCUT2D eigenvalue weighted by atomic mass is 16.5. The van der Waals surface area contributed by atoms with Gasteiger partial charge in [0.25, 0.3) is 0 Å². The largest absolute Gasteiger partial charge is 0.497 e. The predicted octanol–water partition coefficient (Wildman–Crippen LogP) is 1.90. The topological polar surface area (TPSA) is 36.9 Å². The molecule has 0 atom stereocenters. The number of methoxy groups -OCH3 is 1. The van der Waals surface area contributed by atoms with Gasteiger partial charge in [-0.1, -0.05) is 0 Å². The SMILES string of the molecule is COc1ccc(C[n+]2ccc(C#N)cc2)cc1. The minimum atomic E-state index is 0.677. The summed E-state index contributed by atoms with van der Waals surface area (Å²) in [6.45, 7) is 0.787. The molecule has 0 bridgehead atoms. The fraction of sp³-hybridized carbons (Fsp3) is 0.143. The molecule has 0 N–H and O–H groups in total. The van der Waals surface area contributed by atoms with E-state index in [-0.39, 0.29) is 0 Å². The van der Waals surface area contributed by atoms with Crippen LogP contribution in [0.1, 0.15) is 11.1 Å². The summed E-state index contributed by atoms with van der Waals surface area (Å²) < 4.78 is 7.14. The van der Waals surface area contributed by atoms with Gasteiger partial charge in [-0.2, -0.15) is 5.26 Å². The van der Waals surface area contributed by atoms with Crippen LogP contribution in [0.4, 0.5) is 0 Å². The van der Waals surface area contributed by atoms with Crippen molar-refractivity contribution in [1.29, 1.82) is 5.26 Å². The maximum atomic E-state index is 8.70. The molecule has 2 aromatic rings. The Bertz CT molecular complexity index is 524. The molecule has 0 spiro atoms. The summed E-state index contributed by atoms with van der Waals surface area (Å²) in [5, 5.41) is 8.70. The number of nitrogens with zero attached hydrogens (tertiary/aromatic N) is 2. The smallest absolute Gasteiger partial charge is 0.173 e. The minimum absolute atomic E-state index is 0.677. The Hall–Kier alpha value is -2.34. The van der Waals surface area contributed by atoms with Crippen LogP contribution >= 0.6 is 0 Å². The van der Waals surface area contributed by atoms with Crippen LogP contribution in [0.3, 0.4) is 0 Å². The molecule has 0 aliphatic carbocycles. The number of nitriles is 1. The number of benzene rings is 1. The second-order valence-corrected chi connectivity index (χ2v) is 3.72. The summed E-state index contributed by atoms with van der Waals surface area (Å²) >= 11 is 0. The van der Waals surface area contributed by atoms with E-state index < -0.39 is 0 Å². The van der Waals surface area contributed by atoms with E-state index in [1.54, 1.807) is 7.11 Å². The third-order valence-electron chi connectivity index (χ3n) is 2.54. The Morgan fingerprint density at radius 3 is 2.29 bits per heavy atom. The molecule has 3 nitrogen and oxygen atoms in total. The Labute approximate surface area is 101 Å². The molecule has 84 valence electrons. The number of aromatic nitrogens is 1. The maximum Gasteiger partial charge on any atom is 0.173 e. The summed E-state index contributed by atoms with van der Waals surface area (Å²) in [5.41, 5.74) is 1.87. The molecule has 1 aromatic carbocycles. The monoisotopic (exact) mass is 225 g/mol. The average Bonchev–Trinajstić information content (AvgIpc) is 2.40. The number of pyridine rings is 1. The molecule has 1 heterocycles. The molecule has 0 saturated heterocycles. The van der Waals surface area contributed by atoms with E-state index in [4.69, 9.17) is 10.00 Å². The van der Waals surface area contributed by atoms with Crippen LogP contribution in [0.15, 0.2) is 48.8 Å². The van der Waals surface area contributed by atoms with Gasteiger partial charge in [0, 0.05) is 17.7 Å². The first-order chi connectivity index (χ1) is 8.31. The van der Waals surface area contributed by atoms with Gasteiger partial charge < -0.3 is 4.74 Å². The van der Waals surface area contributed by atoms with Crippen LogP contribution < -0.4 is 9.30 Å². The van der Waals surface area contributed by atoms with Gasteiger partial charge >= 0.3 is 0 Å². The quantitative estimate of drug-likeness (QED) is 0.748. The third-order valence-corrected chi connectivity index (χ3v) is 2.54. The van der Waals surface area contributed by atoms with Gasteiger partial charge in [0.05, 0.1) is 18.7 Å². The molecule has 0 saturated carbocycles. The molecule has 0 unspecified atom stereocenters. The van der Waals surface area contributed by atoms with Crippen molar-refractivity contribution in [3.8, 4) is 11.8 Å². The molecule has 3 heteroatoms. The second-order valence-electron chi connectivity index (χ2n) is 3.72. The lowest BCUT2D eigenvalue weighted by Gasteiger charge is -2.00. The predicted molar refractivity (Wildman–Crippen MR) is 63.4 cm³/mol. The van der Waals surface area contributed by atoms with Crippen LogP contribution in [0.25, 0.3) is 0 Å². The molecule has 0 aliphatic rings. The van der Waals surface area contributed by atoms with Gasteiger partial charge in [0.2, 0.25) is 0 Å². The normalized spacial score (nSPS) is 9.65. The number of ether oxygens (including phenoxy) is 1. The minimum Gasteiger partial charge on any atom is -0.497 e. The summed E-state index contributed by atoms with van der Waals surface area (Å²) in [5.74, 6) is 0.860. The standard InChI is InChI=1S/C14H13N2O/c1-17-14-4-2-13(3-5-14)11-16-8-6-12(10-15)7-9-16/h2-9H,11H2,1H3/q+1. The van der Waals surface area contributed by atoms with Crippen LogP contribution in [-0.4, -0.2) is 7.11 Å². The lowest BCUT2D eigenvalue weighted by Crippen LogP contribution is -2.33. The number of hydrogen-bond donors (Lipinski definition) is 0. The van der Waals surface area contributed by atoms with Crippen molar-refractivity contribution >= 4 is 0 Å². The highest BCUT2D eigenvalue weighted by Gasteiger charge is 2.02. The lowest BCUT2D eigenvalue weighted by atomic mass is 10.2. The fourth-order valence-electron chi connectivity index (χ4n) is 1.58. The molecule has 0 fully saturated rings. The molecule has 2 rings (SSSR count). The zero-order valence-corrected chi connectivity index (χ0v) is 9.63. The summed E-state index contributed by atoms with van der Waals surface area (Å²) in [6.07, 6.45) is 3.81. The van der Waals surface area contributed by atoms with Crippen molar-refractivity contribution in [3.63, 3.8) is 0 Å². The van der Waals surface area contributed by atoms with E-state index in [0.717, 1.165) is 12.3 Å². The molecule has 0 amide bonds. The highest BCUT2D eigenvalue weighted by molar-refractivity contribution is 5.27. The first kappa shape index (κ1) is 11.2. The van der Waals surface area contributed by atoms with Crippen molar-refractivity contribution in [2.24, 2.45) is 0 Å². The summed E-state index contributed by atoms with van der Waals surface area (Å²) in [7, 11) is 1.66. The van der Waals surface area contributed by atoms with E-state index in [1.807, 2.05) is 53.4 Å². The first-order valence-electron chi connectivity index (χ1n) is 5.34. The van der Waals surface area contributed by atoms with Gasteiger partial charge in [-0.05, 0) is 24.3 Å². The van der Waals surface area contributed by atoms with Crippen LogP contribution in [-0.2, 0) is 6.54 Å². The number of hydrogen-bond acceptors (Lipinski definition) is 2. The Morgan fingerprint density at radius 1 is 1.12 bits per heavy atom. The van der Waals surface area contributed by atoms with Gasteiger partial charge in [0.15, 0.2) is 18.9 Å². The van der Waals surface area contributed by atoms with Gasteiger partial charge in [-0.25, -0.2) is 4.57 Å². The van der Waals surface area contributed by atoms with Crippen LogP contribution in [0, 0.1) is 11.3 Å². The molecular weight excluding hydrogens is 212 g/mol. The zero-order chi connectivity index (χ0) is 12.1. The molecular formula is C14H13N2O+. The van der Waals surface area contributed by atoms with Crippen LogP contribution in [0.2, 0.25) is 0 Å². The van der Waals surface area contributed by atoms with E-state index in [9.17, 15) is 0 Å². The maximum absolute atomic E-state index is 8.70. The van der Waals surface area contributed by atoms with Gasteiger partial charge in [-0.15, -0.1) is 0 Å². The Balaban J connectivity index is 2.11. The van der Waals surface area contributed by atoms with Gasteiger partial charge in [0.1, 0.15) is 5.75 Å². The first-order valence-corrected chi connectivity index (χ1v) is 5.34. The van der Waals surface area contributed by atoms with Crippen molar-refractivity contribution in [2.75, 3.05) is 7.11 Å². The lowest BCUT2D eigenvalue weighted by molar-refractivity contribution is -0.688. The van der Waals surface area contributed by atoms with E-state index in [0.29, 0.717) is 5.56 Å². The van der Waals surface area contributed by atoms with E-state index >= 15 is 0 Å². The molecule has 1 aromatic heterocycles. The second kappa shape index (κ2) is 5.13. The van der Waals surface area contributed by atoms with Crippen LogP contribution in [0.5, 0.6) is 5.75 Å². The molecule has 0 radical (unpaired) electrons. The zero-order valence-electron chi connectivity index (χ0n) is 9.63. The number of rotatable bonds is 3. The third kappa shape index (κ3) is 2.82. The Morgan fingerprint density at radius 2 is 1.76 bits per heavy atom. The summed E-state index contributed by atoms with van der Waals surface area (Å²) in [6, 6.07) is 13.7. The van der Waals surface area contributed by atoms with Crippen molar-refractivity contribution in [3.05, 3.63) is 59.9 Å². The molecule has 0 aliphatic heterocycles. The highest BCUT2D eigenvalue weighted by Crippen LogP contribution is 2.10. The van der Waals surface area contributed by atoms with Gasteiger partial charge in [-0.3, -0.25) is 0 Å². The molecule has 17 heavy (non-hydrogen) atoms. The Kier molecular flexibility index (Phi) is 3.37. The van der Waals surface area contributed by atoms with E-state index in [1.165, 1.54) is 5.56 Å². The van der Waals surface area contributed by atoms with E-state index in [2.05, 4.69) is 6.07 Å². The van der Waals surface area contributed by atoms with Crippen molar-refractivity contribution in [1.82, 2.24) is 0 Å². The van der Waals surface area contributed by atoms with Crippen molar-refractivity contribution in [2.45, 2.75) is 6.54 Å². The average molecular weight is 225 g/mol. The summed E-state index contributed by atoms with van der Waals surface area (Å²) in [4.78, 5) is 0. The van der Waals surface area contributed by atoms with Crippen molar-refractivity contribution < 1.29 is 9.30 Å². The fourth-order valence-corrected chi connectivity index (χ4v) is 1.58.